The number of carbonyl (C=O) groups excluding carboxylic acids is 1. The van der Waals surface area contributed by atoms with Gasteiger partial charge in [-0.05, 0) is 49.2 Å². The van der Waals surface area contributed by atoms with Gasteiger partial charge in [0.2, 0.25) is 0 Å². The molecule has 0 saturated heterocycles. The van der Waals surface area contributed by atoms with E-state index in [1.54, 1.807) is 6.20 Å². The summed E-state index contributed by atoms with van der Waals surface area (Å²) in [5.41, 5.74) is 5.23. The molecule has 3 aromatic rings. The third-order valence-electron chi connectivity index (χ3n) is 3.75. The van der Waals surface area contributed by atoms with Crippen LogP contribution in [0.25, 0.3) is 11.3 Å². The first kappa shape index (κ1) is 15.0. The number of hydrogen-bond acceptors (Lipinski definition) is 2. The van der Waals surface area contributed by atoms with Gasteiger partial charge in [-0.15, -0.1) is 0 Å². The molecule has 3 nitrogen and oxygen atoms in total. The Balaban J connectivity index is 1.96. The second-order valence-corrected chi connectivity index (χ2v) is 5.53. The molecular weight excluding hydrogens is 284 g/mol. The Hall–Kier alpha value is -2.94. The molecule has 0 fully saturated rings. The first-order chi connectivity index (χ1) is 11.1. The summed E-state index contributed by atoms with van der Waals surface area (Å²) in [6, 6.07) is 19.2. The molecule has 3 heteroatoms. The predicted octanol–water partition coefficient (Wildman–Crippen LogP) is 4.62. The van der Waals surface area contributed by atoms with Crippen molar-refractivity contribution in [2.75, 3.05) is 5.32 Å². The number of anilines is 1. The first-order valence-electron chi connectivity index (χ1n) is 7.54. The number of hydrogen-bond donors (Lipinski definition) is 1. The fourth-order valence-electron chi connectivity index (χ4n) is 2.49. The Bertz CT molecular complexity index is 841. The molecule has 0 aliphatic carbocycles. The molecule has 0 saturated carbocycles. The van der Waals surface area contributed by atoms with Crippen molar-refractivity contribution in [1.82, 2.24) is 4.98 Å². The van der Waals surface area contributed by atoms with Crippen molar-refractivity contribution in [3.8, 4) is 11.3 Å². The van der Waals surface area contributed by atoms with Crippen molar-refractivity contribution >= 4 is 11.6 Å². The smallest absolute Gasteiger partial charge is 0.256 e. The van der Waals surface area contributed by atoms with Crippen LogP contribution in [0.2, 0.25) is 0 Å². The maximum Gasteiger partial charge on any atom is 0.256 e. The molecule has 1 N–H and O–H groups in total. The number of nitrogens with zero attached hydrogens (tertiary/aromatic N) is 1. The zero-order valence-corrected chi connectivity index (χ0v) is 13.2. The summed E-state index contributed by atoms with van der Waals surface area (Å²) < 4.78 is 0. The Kier molecular flexibility index (Phi) is 4.20. The summed E-state index contributed by atoms with van der Waals surface area (Å²) >= 11 is 0. The van der Waals surface area contributed by atoms with Gasteiger partial charge in [-0.3, -0.25) is 9.78 Å². The van der Waals surface area contributed by atoms with Crippen molar-refractivity contribution in [2.45, 2.75) is 13.8 Å². The van der Waals surface area contributed by atoms with Crippen LogP contribution in [0.3, 0.4) is 0 Å². The number of amides is 1. The van der Waals surface area contributed by atoms with E-state index in [4.69, 9.17) is 0 Å². The van der Waals surface area contributed by atoms with Crippen LogP contribution in [0.5, 0.6) is 0 Å². The fourth-order valence-corrected chi connectivity index (χ4v) is 2.49. The maximum atomic E-state index is 12.7. The highest BCUT2D eigenvalue weighted by Gasteiger charge is 2.14. The highest BCUT2D eigenvalue weighted by atomic mass is 16.1. The molecule has 0 spiro atoms. The zero-order valence-electron chi connectivity index (χ0n) is 13.2. The van der Waals surface area contributed by atoms with E-state index in [1.807, 2.05) is 74.5 Å². The minimum atomic E-state index is -0.125. The van der Waals surface area contributed by atoms with Gasteiger partial charge < -0.3 is 5.32 Å². The van der Waals surface area contributed by atoms with Gasteiger partial charge in [0.15, 0.2) is 0 Å². The summed E-state index contributed by atoms with van der Waals surface area (Å²) in [5.74, 6) is -0.125. The van der Waals surface area contributed by atoms with Crippen molar-refractivity contribution < 1.29 is 4.79 Å². The third-order valence-corrected chi connectivity index (χ3v) is 3.75. The minimum absolute atomic E-state index is 0.125. The lowest BCUT2D eigenvalue weighted by molar-refractivity contribution is 0.102. The normalized spacial score (nSPS) is 10.3. The van der Waals surface area contributed by atoms with E-state index in [1.165, 1.54) is 0 Å². The highest BCUT2D eigenvalue weighted by Crippen LogP contribution is 2.23. The van der Waals surface area contributed by atoms with Crippen molar-refractivity contribution in [3.05, 3.63) is 83.6 Å². The number of aryl methyl sites for hydroxylation is 2. The van der Waals surface area contributed by atoms with E-state index < -0.39 is 0 Å². The number of nitrogens with one attached hydrogen (secondary N) is 1. The molecule has 0 radical (unpaired) electrons. The predicted molar refractivity (Wildman–Crippen MR) is 93.5 cm³/mol. The quantitative estimate of drug-likeness (QED) is 0.767. The standard InChI is InChI=1S/C20H18N2O/c1-14-10-11-15(2)19(13-14)22-20(23)17-8-4-3-7-16(17)18-9-5-6-12-21-18/h3-13H,1-2H3,(H,22,23). The van der Waals surface area contributed by atoms with E-state index in [-0.39, 0.29) is 5.91 Å². The average molecular weight is 302 g/mol. The summed E-state index contributed by atoms with van der Waals surface area (Å²) in [6.45, 7) is 4.00. The number of rotatable bonds is 3. The van der Waals surface area contributed by atoms with Crippen molar-refractivity contribution in [1.29, 1.82) is 0 Å². The molecule has 3 rings (SSSR count). The van der Waals surface area contributed by atoms with E-state index in [9.17, 15) is 4.79 Å². The molecule has 0 aliphatic rings. The van der Waals surface area contributed by atoms with Gasteiger partial charge in [0.05, 0.1) is 5.69 Å². The zero-order chi connectivity index (χ0) is 16.2. The summed E-state index contributed by atoms with van der Waals surface area (Å²) in [5, 5.41) is 3.01. The van der Waals surface area contributed by atoms with Gasteiger partial charge in [-0.25, -0.2) is 0 Å². The minimum Gasteiger partial charge on any atom is -0.322 e. The Morgan fingerprint density at radius 3 is 2.52 bits per heavy atom. The average Bonchev–Trinajstić information content (AvgIpc) is 2.59. The second kappa shape index (κ2) is 6.44. The summed E-state index contributed by atoms with van der Waals surface area (Å²) in [7, 11) is 0. The Morgan fingerprint density at radius 1 is 0.957 bits per heavy atom. The molecule has 0 atom stereocenters. The van der Waals surface area contributed by atoms with E-state index in [2.05, 4.69) is 10.3 Å². The SMILES string of the molecule is Cc1ccc(C)c(NC(=O)c2ccccc2-c2ccccn2)c1. The van der Waals surface area contributed by atoms with E-state index >= 15 is 0 Å². The van der Waals surface area contributed by atoms with E-state index in [0.717, 1.165) is 28.1 Å². The number of aromatic nitrogens is 1. The van der Waals surface area contributed by atoms with Gasteiger partial charge in [0.25, 0.3) is 5.91 Å². The van der Waals surface area contributed by atoms with Crippen molar-refractivity contribution in [3.63, 3.8) is 0 Å². The third kappa shape index (κ3) is 3.29. The molecule has 0 unspecified atom stereocenters. The lowest BCUT2D eigenvalue weighted by atomic mass is 10.0. The summed E-state index contributed by atoms with van der Waals surface area (Å²) in [4.78, 5) is 17.1. The molecule has 23 heavy (non-hydrogen) atoms. The van der Waals surface area contributed by atoms with Crippen LogP contribution in [-0.4, -0.2) is 10.9 Å². The van der Waals surface area contributed by atoms with Gasteiger partial charge in [0, 0.05) is 23.0 Å². The van der Waals surface area contributed by atoms with Crippen LogP contribution in [0.4, 0.5) is 5.69 Å². The highest BCUT2D eigenvalue weighted by molar-refractivity contribution is 6.08. The molecule has 1 aromatic heterocycles. The molecule has 0 aliphatic heterocycles. The van der Waals surface area contributed by atoms with Crippen LogP contribution < -0.4 is 5.32 Å². The number of pyridine rings is 1. The van der Waals surface area contributed by atoms with Gasteiger partial charge in [-0.2, -0.15) is 0 Å². The topological polar surface area (TPSA) is 42.0 Å². The number of benzene rings is 2. The second-order valence-electron chi connectivity index (χ2n) is 5.53. The molecule has 1 amide bonds. The molecule has 114 valence electrons. The van der Waals surface area contributed by atoms with Crippen LogP contribution in [0, 0.1) is 13.8 Å². The first-order valence-corrected chi connectivity index (χ1v) is 7.54. The Labute approximate surface area is 136 Å². The monoisotopic (exact) mass is 302 g/mol. The lowest BCUT2D eigenvalue weighted by Crippen LogP contribution is -2.14. The van der Waals surface area contributed by atoms with E-state index in [0.29, 0.717) is 5.56 Å². The van der Waals surface area contributed by atoms with Gasteiger partial charge >= 0.3 is 0 Å². The van der Waals surface area contributed by atoms with Crippen LogP contribution in [-0.2, 0) is 0 Å². The number of carbonyl (C=O) groups is 1. The lowest BCUT2D eigenvalue weighted by Gasteiger charge is -2.12. The fraction of sp³-hybridized carbons (Fsp3) is 0.100. The largest absolute Gasteiger partial charge is 0.322 e. The van der Waals surface area contributed by atoms with Gasteiger partial charge in [-0.1, -0.05) is 36.4 Å². The van der Waals surface area contributed by atoms with Crippen LogP contribution in [0.1, 0.15) is 21.5 Å². The summed E-state index contributed by atoms with van der Waals surface area (Å²) in [6.07, 6.45) is 1.73. The van der Waals surface area contributed by atoms with Crippen LogP contribution in [0.15, 0.2) is 66.9 Å². The Morgan fingerprint density at radius 2 is 1.74 bits per heavy atom. The molecule has 0 bridgehead atoms. The van der Waals surface area contributed by atoms with Crippen molar-refractivity contribution in [2.24, 2.45) is 0 Å². The maximum absolute atomic E-state index is 12.7. The van der Waals surface area contributed by atoms with Crippen LogP contribution >= 0.6 is 0 Å². The molecule has 1 heterocycles. The van der Waals surface area contributed by atoms with Gasteiger partial charge in [0.1, 0.15) is 0 Å². The molecule has 2 aromatic carbocycles. The molecular formula is C20H18N2O.